The molecule has 0 radical (unpaired) electrons. The van der Waals surface area contributed by atoms with Crippen molar-refractivity contribution in [3.8, 4) is 0 Å². The summed E-state index contributed by atoms with van der Waals surface area (Å²) in [6.07, 6.45) is 7.71. The molecule has 2 N–H and O–H groups in total. The Kier molecular flexibility index (Phi) is 7.13. The van der Waals surface area contributed by atoms with Gasteiger partial charge >= 0.3 is 0 Å². The summed E-state index contributed by atoms with van der Waals surface area (Å²) in [6, 6.07) is 10.4. The second kappa shape index (κ2) is 9.38. The van der Waals surface area contributed by atoms with Gasteiger partial charge in [-0.05, 0) is 44.1 Å². The summed E-state index contributed by atoms with van der Waals surface area (Å²) in [6.45, 7) is 2.26. The summed E-state index contributed by atoms with van der Waals surface area (Å²) >= 11 is 0. The van der Waals surface area contributed by atoms with Crippen LogP contribution in [0.4, 0.5) is 0 Å². The van der Waals surface area contributed by atoms with E-state index >= 15 is 0 Å². The fraction of sp³-hybridized carbons (Fsp3) is 0.500. The molecule has 0 aromatic heterocycles. The molecule has 2 rings (SSSR count). The molecule has 0 unspecified atom stereocenters. The van der Waals surface area contributed by atoms with Crippen molar-refractivity contribution in [3.05, 3.63) is 47.5 Å². The van der Waals surface area contributed by atoms with Gasteiger partial charge in [0.1, 0.15) is 0 Å². The third-order valence-corrected chi connectivity index (χ3v) is 4.07. The summed E-state index contributed by atoms with van der Waals surface area (Å²) in [4.78, 5) is 14.4. The van der Waals surface area contributed by atoms with Gasteiger partial charge in [-0.15, -0.1) is 0 Å². The second-order valence-electron chi connectivity index (χ2n) is 5.76. The number of amides is 1. The second-order valence-corrected chi connectivity index (χ2v) is 5.76. The smallest absolute Gasteiger partial charge is 0.249 e. The van der Waals surface area contributed by atoms with E-state index in [4.69, 9.17) is 5.21 Å². The molecule has 1 heterocycles. The fourth-order valence-electron chi connectivity index (χ4n) is 2.85. The Labute approximate surface area is 132 Å². The molecule has 0 aliphatic carbocycles. The van der Waals surface area contributed by atoms with Crippen molar-refractivity contribution < 1.29 is 10.0 Å². The van der Waals surface area contributed by atoms with Gasteiger partial charge in [-0.2, -0.15) is 0 Å². The van der Waals surface area contributed by atoms with E-state index in [9.17, 15) is 4.79 Å². The molecule has 120 valence electrons. The van der Waals surface area contributed by atoms with Crippen molar-refractivity contribution in [2.24, 2.45) is 0 Å². The molecule has 1 aromatic rings. The lowest BCUT2D eigenvalue weighted by atomic mass is 10.0. The molecule has 4 heteroatoms. The lowest BCUT2D eigenvalue weighted by Gasteiger charge is -2.27. The van der Waals surface area contributed by atoms with Gasteiger partial charge in [-0.25, -0.2) is 5.48 Å². The maximum absolute atomic E-state index is 12.4. The highest BCUT2D eigenvalue weighted by molar-refractivity contribution is 5.94. The van der Waals surface area contributed by atoms with Gasteiger partial charge in [0.15, 0.2) is 0 Å². The first-order chi connectivity index (χ1) is 10.8. The summed E-state index contributed by atoms with van der Waals surface area (Å²) in [7, 11) is 0. The average Bonchev–Trinajstić information content (AvgIpc) is 2.55. The van der Waals surface area contributed by atoms with E-state index in [0.29, 0.717) is 6.54 Å². The first-order valence-corrected chi connectivity index (χ1v) is 8.20. The van der Waals surface area contributed by atoms with Gasteiger partial charge in [0.2, 0.25) is 5.91 Å². The van der Waals surface area contributed by atoms with Crippen LogP contribution in [0.1, 0.15) is 37.7 Å². The third-order valence-electron chi connectivity index (χ3n) is 4.07. The van der Waals surface area contributed by atoms with E-state index in [1.54, 1.807) is 0 Å². The van der Waals surface area contributed by atoms with E-state index in [1.807, 2.05) is 11.0 Å². The number of carbonyl (C=O) groups excluding carboxylic acids is 1. The summed E-state index contributed by atoms with van der Waals surface area (Å²) in [5.74, 6) is 0.205. The van der Waals surface area contributed by atoms with E-state index in [0.717, 1.165) is 57.2 Å². The van der Waals surface area contributed by atoms with Crippen LogP contribution in [0.5, 0.6) is 0 Å². The van der Waals surface area contributed by atoms with Crippen LogP contribution in [0, 0.1) is 0 Å². The molecule has 0 bridgehead atoms. The van der Waals surface area contributed by atoms with E-state index < -0.39 is 0 Å². The summed E-state index contributed by atoms with van der Waals surface area (Å²) < 4.78 is 0. The van der Waals surface area contributed by atoms with Crippen molar-refractivity contribution in [1.29, 1.82) is 0 Å². The molecular formula is C18H26N2O2. The number of hydrogen-bond donors (Lipinski definition) is 2. The summed E-state index contributed by atoms with van der Waals surface area (Å²) in [5.41, 5.74) is 4.43. The first-order valence-electron chi connectivity index (χ1n) is 8.20. The van der Waals surface area contributed by atoms with E-state index in [2.05, 4.69) is 35.8 Å². The first kappa shape index (κ1) is 16.7. The molecule has 0 fully saturated rings. The predicted molar refractivity (Wildman–Crippen MR) is 87.7 cm³/mol. The van der Waals surface area contributed by atoms with Crippen LogP contribution < -0.4 is 5.48 Å². The average molecular weight is 302 g/mol. The zero-order chi connectivity index (χ0) is 15.6. The van der Waals surface area contributed by atoms with Gasteiger partial charge in [-0.3, -0.25) is 4.79 Å². The zero-order valence-electron chi connectivity index (χ0n) is 13.1. The number of benzene rings is 1. The number of nitrogens with one attached hydrogen (secondary N) is 1. The van der Waals surface area contributed by atoms with Crippen molar-refractivity contribution in [2.45, 2.75) is 38.5 Å². The number of hydrogen-bond acceptors (Lipinski definition) is 3. The van der Waals surface area contributed by atoms with Crippen molar-refractivity contribution in [2.75, 3.05) is 19.6 Å². The third kappa shape index (κ3) is 5.28. The monoisotopic (exact) mass is 302 g/mol. The molecule has 0 spiro atoms. The highest BCUT2D eigenvalue weighted by Crippen LogP contribution is 2.18. The molecule has 1 aliphatic heterocycles. The Balaban J connectivity index is 1.73. The predicted octanol–water partition coefficient (Wildman–Crippen LogP) is 2.93. The minimum Gasteiger partial charge on any atom is -0.339 e. The standard InChI is InChI=1S/C18H26N2O2/c21-18-17(11-4-5-13-19-22)12-7-15-20(18)14-6-10-16-8-2-1-3-9-16/h1-3,8-9,12,19,22H,4-7,10-11,13-15H2. The number of rotatable bonds is 9. The van der Waals surface area contributed by atoms with Gasteiger partial charge in [-0.1, -0.05) is 36.4 Å². The molecule has 0 atom stereocenters. The van der Waals surface area contributed by atoms with Gasteiger partial charge in [0.05, 0.1) is 0 Å². The topological polar surface area (TPSA) is 52.6 Å². The van der Waals surface area contributed by atoms with Crippen LogP contribution in [0.3, 0.4) is 0 Å². The normalized spacial score (nSPS) is 15.0. The quantitative estimate of drug-likeness (QED) is 0.545. The Hall–Kier alpha value is -1.65. The van der Waals surface area contributed by atoms with E-state index in [-0.39, 0.29) is 5.91 Å². The molecule has 1 aromatic carbocycles. The van der Waals surface area contributed by atoms with Crippen molar-refractivity contribution in [1.82, 2.24) is 10.4 Å². The van der Waals surface area contributed by atoms with E-state index in [1.165, 1.54) is 5.56 Å². The highest BCUT2D eigenvalue weighted by atomic mass is 16.5. The molecular weight excluding hydrogens is 276 g/mol. The van der Waals surface area contributed by atoms with Crippen LogP contribution >= 0.6 is 0 Å². The van der Waals surface area contributed by atoms with Crippen molar-refractivity contribution in [3.63, 3.8) is 0 Å². The van der Waals surface area contributed by atoms with Crippen LogP contribution in [-0.2, 0) is 11.2 Å². The molecule has 4 nitrogen and oxygen atoms in total. The number of hydroxylamine groups is 1. The molecule has 0 saturated heterocycles. The lowest BCUT2D eigenvalue weighted by Crippen LogP contribution is -2.36. The molecule has 1 aliphatic rings. The Bertz CT molecular complexity index is 485. The Morgan fingerprint density at radius 1 is 1.09 bits per heavy atom. The number of nitrogens with zero attached hydrogens (tertiary/aromatic N) is 1. The number of aryl methyl sites for hydroxylation is 1. The van der Waals surface area contributed by atoms with Crippen molar-refractivity contribution >= 4 is 5.91 Å². The lowest BCUT2D eigenvalue weighted by molar-refractivity contribution is -0.128. The molecule has 0 saturated carbocycles. The Morgan fingerprint density at radius 3 is 2.68 bits per heavy atom. The zero-order valence-corrected chi connectivity index (χ0v) is 13.1. The maximum Gasteiger partial charge on any atom is 0.249 e. The minimum absolute atomic E-state index is 0.205. The largest absolute Gasteiger partial charge is 0.339 e. The van der Waals surface area contributed by atoms with Crippen LogP contribution in [0.2, 0.25) is 0 Å². The highest BCUT2D eigenvalue weighted by Gasteiger charge is 2.20. The Morgan fingerprint density at radius 2 is 1.91 bits per heavy atom. The van der Waals surface area contributed by atoms with Crippen LogP contribution in [0.15, 0.2) is 42.0 Å². The molecule has 1 amide bonds. The SMILES string of the molecule is O=C1C(CCCCNO)=CCCN1CCCc1ccccc1. The van der Waals surface area contributed by atoms with Crippen LogP contribution in [0.25, 0.3) is 0 Å². The van der Waals surface area contributed by atoms with Gasteiger partial charge in [0, 0.05) is 25.2 Å². The molecule has 22 heavy (non-hydrogen) atoms. The number of carbonyl (C=O) groups is 1. The van der Waals surface area contributed by atoms with Gasteiger partial charge in [0.25, 0.3) is 0 Å². The summed E-state index contributed by atoms with van der Waals surface area (Å²) in [5, 5.41) is 8.55. The maximum atomic E-state index is 12.4. The van der Waals surface area contributed by atoms with Gasteiger partial charge < -0.3 is 10.1 Å². The fourth-order valence-corrected chi connectivity index (χ4v) is 2.85. The van der Waals surface area contributed by atoms with Crippen LogP contribution in [-0.4, -0.2) is 35.6 Å². The number of unbranched alkanes of at least 4 members (excludes halogenated alkanes) is 1. The minimum atomic E-state index is 0.205.